The van der Waals surface area contributed by atoms with Crippen LogP contribution >= 0.6 is 0 Å². The molecule has 0 atom stereocenters. The molecule has 1 heterocycles. The van der Waals surface area contributed by atoms with Gasteiger partial charge in [-0.05, 0) is 74.6 Å². The van der Waals surface area contributed by atoms with Crippen LogP contribution in [0.2, 0.25) is 0 Å². The molecule has 0 radical (unpaired) electrons. The molecule has 0 unspecified atom stereocenters. The van der Waals surface area contributed by atoms with Gasteiger partial charge in [-0.2, -0.15) is 0 Å². The van der Waals surface area contributed by atoms with Crippen molar-refractivity contribution in [3.63, 3.8) is 0 Å². The maximum absolute atomic E-state index is 5.07. The molecule has 53 heavy (non-hydrogen) atoms. The SMILES string of the molecule is C=C(/C=C(\C=C\c1ccc(-c2ncccn2)cc1)c1ccc2c(c1)-c1ccccc1C(C)(C)C2)C(=NC(=NCc1ccccc1)c1ccccc1)NC. The topological polar surface area (TPSA) is 62.5 Å². The van der Waals surface area contributed by atoms with Crippen LogP contribution in [0.5, 0.6) is 0 Å². The number of hydrogen-bond donors (Lipinski definition) is 1. The van der Waals surface area contributed by atoms with Crippen molar-refractivity contribution >= 4 is 23.3 Å². The Morgan fingerprint density at radius 1 is 0.774 bits per heavy atom. The summed E-state index contributed by atoms with van der Waals surface area (Å²) in [6.07, 6.45) is 10.9. The summed E-state index contributed by atoms with van der Waals surface area (Å²) in [6.45, 7) is 9.71. The summed E-state index contributed by atoms with van der Waals surface area (Å²) in [7, 11) is 1.88. The minimum atomic E-state index is 0.0611. The Morgan fingerprint density at radius 2 is 1.47 bits per heavy atom. The maximum Gasteiger partial charge on any atom is 0.159 e. The van der Waals surface area contributed by atoms with E-state index in [4.69, 9.17) is 9.98 Å². The first-order valence-corrected chi connectivity index (χ1v) is 18.0. The smallest absolute Gasteiger partial charge is 0.159 e. The summed E-state index contributed by atoms with van der Waals surface area (Å²) in [4.78, 5) is 18.8. The van der Waals surface area contributed by atoms with E-state index in [1.165, 1.54) is 22.3 Å². The number of nitrogens with one attached hydrogen (secondary N) is 1. The Hall–Kier alpha value is -6.46. The number of benzene rings is 5. The predicted octanol–water partition coefficient (Wildman–Crippen LogP) is 10.6. The van der Waals surface area contributed by atoms with Crippen molar-refractivity contribution in [2.75, 3.05) is 7.05 Å². The second-order valence-corrected chi connectivity index (χ2v) is 13.8. The molecular formula is C48H43N5. The molecule has 0 saturated heterocycles. The summed E-state index contributed by atoms with van der Waals surface area (Å²) in [5.74, 6) is 1.99. The average molecular weight is 690 g/mol. The number of hydrogen-bond acceptors (Lipinski definition) is 3. The number of likely N-dealkylation sites (N-methyl/N-ethyl adjacent to an activating group) is 1. The number of nitrogens with zero attached hydrogens (tertiary/aromatic N) is 4. The van der Waals surface area contributed by atoms with Gasteiger partial charge in [-0.15, -0.1) is 0 Å². The van der Waals surface area contributed by atoms with Crippen molar-refractivity contribution in [1.82, 2.24) is 15.3 Å². The number of amidine groups is 2. The van der Waals surface area contributed by atoms with E-state index in [1.807, 2.05) is 61.6 Å². The van der Waals surface area contributed by atoms with Crippen LogP contribution in [0.3, 0.4) is 0 Å². The minimum absolute atomic E-state index is 0.0611. The van der Waals surface area contributed by atoms with E-state index < -0.39 is 0 Å². The van der Waals surface area contributed by atoms with Crippen molar-refractivity contribution in [1.29, 1.82) is 0 Å². The van der Waals surface area contributed by atoms with E-state index >= 15 is 0 Å². The fourth-order valence-corrected chi connectivity index (χ4v) is 6.82. The highest BCUT2D eigenvalue weighted by Crippen LogP contribution is 2.43. The minimum Gasteiger partial charge on any atom is -0.373 e. The predicted molar refractivity (Wildman–Crippen MR) is 222 cm³/mol. The van der Waals surface area contributed by atoms with Gasteiger partial charge >= 0.3 is 0 Å². The molecule has 7 rings (SSSR count). The van der Waals surface area contributed by atoms with Crippen LogP contribution in [-0.4, -0.2) is 28.7 Å². The third kappa shape index (κ3) is 8.21. The standard InChI is InChI=1S/C48H43N5/c1-34(45(49-4)53-47(37-16-9-6-10-17-37)52-33-36-14-7-5-8-15-36)30-39(25-22-35-20-23-38(24-21-35)46-50-28-13-29-51-46)40-26-27-41-32-48(2,3)44-19-12-11-18-42(44)43(41)31-40/h5-31H,1,32-33H2,2-4H3,(H,49,52,53)/b25-22+,39-30+. The highest BCUT2D eigenvalue weighted by Gasteiger charge is 2.30. The van der Waals surface area contributed by atoms with Gasteiger partial charge < -0.3 is 5.32 Å². The fourth-order valence-electron chi connectivity index (χ4n) is 6.82. The molecule has 1 aliphatic rings. The summed E-state index contributed by atoms with van der Waals surface area (Å²) >= 11 is 0. The summed E-state index contributed by atoms with van der Waals surface area (Å²) < 4.78 is 0. The van der Waals surface area contributed by atoms with Crippen molar-refractivity contribution in [2.24, 2.45) is 9.98 Å². The van der Waals surface area contributed by atoms with Crippen LogP contribution in [-0.2, 0) is 18.4 Å². The number of fused-ring (bicyclic) bond motifs is 3. The summed E-state index contributed by atoms with van der Waals surface area (Å²) in [6, 6.07) is 46.1. The molecule has 0 bridgehead atoms. The molecule has 5 heteroatoms. The molecule has 1 aromatic heterocycles. The first kappa shape index (κ1) is 35.0. The summed E-state index contributed by atoms with van der Waals surface area (Å²) in [5, 5.41) is 3.31. The van der Waals surface area contributed by atoms with Gasteiger partial charge in [-0.3, -0.25) is 4.99 Å². The van der Waals surface area contributed by atoms with Crippen LogP contribution in [0, 0.1) is 0 Å². The molecule has 0 saturated carbocycles. The molecule has 5 aromatic carbocycles. The molecule has 0 aliphatic heterocycles. The van der Waals surface area contributed by atoms with Crippen LogP contribution < -0.4 is 5.32 Å². The van der Waals surface area contributed by atoms with Gasteiger partial charge in [0.15, 0.2) is 11.7 Å². The number of rotatable bonds is 9. The van der Waals surface area contributed by atoms with E-state index in [0.717, 1.165) is 45.4 Å². The normalized spacial score (nSPS) is 14.1. The number of aliphatic imine (C=N–C) groups is 2. The van der Waals surface area contributed by atoms with Gasteiger partial charge in [0, 0.05) is 36.1 Å². The van der Waals surface area contributed by atoms with E-state index in [9.17, 15) is 0 Å². The largest absolute Gasteiger partial charge is 0.373 e. The zero-order valence-electron chi connectivity index (χ0n) is 30.5. The van der Waals surface area contributed by atoms with Crippen LogP contribution in [0.1, 0.15) is 47.2 Å². The third-order valence-electron chi connectivity index (χ3n) is 9.59. The molecular weight excluding hydrogens is 647 g/mol. The van der Waals surface area contributed by atoms with Crippen molar-refractivity contribution in [2.45, 2.75) is 32.2 Å². The molecule has 260 valence electrons. The zero-order chi connectivity index (χ0) is 36.6. The maximum atomic E-state index is 5.07. The van der Waals surface area contributed by atoms with Crippen molar-refractivity contribution in [3.8, 4) is 22.5 Å². The van der Waals surface area contributed by atoms with Gasteiger partial charge in [0.2, 0.25) is 0 Å². The fraction of sp³-hybridized carbons (Fsp3) is 0.125. The van der Waals surface area contributed by atoms with Crippen molar-refractivity contribution < 1.29 is 0 Å². The van der Waals surface area contributed by atoms with Crippen LogP contribution in [0.4, 0.5) is 0 Å². The molecule has 0 fully saturated rings. The lowest BCUT2D eigenvalue weighted by atomic mass is 9.70. The van der Waals surface area contributed by atoms with Gasteiger partial charge in [-0.25, -0.2) is 15.0 Å². The second-order valence-electron chi connectivity index (χ2n) is 13.8. The Balaban J connectivity index is 1.28. The van der Waals surface area contributed by atoms with Gasteiger partial charge in [0.1, 0.15) is 5.84 Å². The highest BCUT2D eigenvalue weighted by molar-refractivity contribution is 6.12. The second kappa shape index (κ2) is 15.8. The van der Waals surface area contributed by atoms with Crippen molar-refractivity contribution in [3.05, 3.63) is 204 Å². The monoisotopic (exact) mass is 689 g/mol. The first-order valence-electron chi connectivity index (χ1n) is 18.0. The van der Waals surface area contributed by atoms with Gasteiger partial charge in [-0.1, -0.05) is 154 Å². The van der Waals surface area contributed by atoms with Crippen LogP contribution in [0.25, 0.3) is 34.2 Å². The molecule has 0 spiro atoms. The van der Waals surface area contributed by atoms with E-state index in [1.54, 1.807) is 12.4 Å². The average Bonchev–Trinajstić information content (AvgIpc) is 3.20. The molecule has 6 aromatic rings. The number of allylic oxidation sites excluding steroid dienone is 2. The highest BCUT2D eigenvalue weighted by atomic mass is 15.0. The van der Waals surface area contributed by atoms with E-state index in [2.05, 4.69) is 133 Å². The quantitative estimate of drug-likeness (QED) is 0.0934. The number of aromatic nitrogens is 2. The van der Waals surface area contributed by atoms with Gasteiger partial charge in [0.25, 0.3) is 0 Å². The van der Waals surface area contributed by atoms with E-state index in [0.29, 0.717) is 24.0 Å². The molecule has 1 aliphatic carbocycles. The first-order chi connectivity index (χ1) is 25.9. The Bertz CT molecular complexity index is 2330. The Labute approximate surface area is 313 Å². The van der Waals surface area contributed by atoms with Gasteiger partial charge in [0.05, 0.1) is 6.54 Å². The lowest BCUT2D eigenvalue weighted by Crippen LogP contribution is -2.25. The lowest BCUT2D eigenvalue weighted by Gasteiger charge is -2.34. The molecule has 0 amide bonds. The van der Waals surface area contributed by atoms with Crippen LogP contribution in [0.15, 0.2) is 180 Å². The Morgan fingerprint density at radius 3 is 2.21 bits per heavy atom. The third-order valence-corrected chi connectivity index (χ3v) is 9.59. The van der Waals surface area contributed by atoms with E-state index in [-0.39, 0.29) is 5.41 Å². The zero-order valence-corrected chi connectivity index (χ0v) is 30.5. The summed E-state index contributed by atoms with van der Waals surface area (Å²) in [5.41, 5.74) is 12.3. The lowest BCUT2D eigenvalue weighted by molar-refractivity contribution is 0.517. The molecule has 5 nitrogen and oxygen atoms in total. The Kier molecular flexibility index (Phi) is 10.4. The molecule has 1 N–H and O–H groups in total.